The Balaban J connectivity index is 1.32. The van der Waals surface area contributed by atoms with Gasteiger partial charge in [0.05, 0.1) is 5.52 Å². The minimum atomic E-state index is -0.572. The van der Waals surface area contributed by atoms with Crippen molar-refractivity contribution in [3.05, 3.63) is 77.5 Å². The molecule has 0 spiro atoms. The van der Waals surface area contributed by atoms with Crippen molar-refractivity contribution in [3.8, 4) is 0 Å². The summed E-state index contributed by atoms with van der Waals surface area (Å²) >= 11 is 0. The standard InChI is InChI=1S/C23H20N2O3/c26-21(25-20-11-9-16-4-1-7-19(16)14-20)15-28-22(27)12-10-18-6-2-5-17-8-3-13-24-23(17)18/h2-3,5-6,8-14H,1,4,7,15H2,(H,25,26)/b12-10+. The molecule has 4 rings (SSSR count). The minimum absolute atomic E-state index is 0.325. The maximum absolute atomic E-state index is 12.0. The number of aryl methyl sites for hydroxylation is 2. The molecule has 1 aliphatic rings. The number of para-hydroxylation sites is 1. The molecule has 3 aromatic rings. The van der Waals surface area contributed by atoms with Gasteiger partial charge < -0.3 is 10.1 Å². The van der Waals surface area contributed by atoms with E-state index in [1.54, 1.807) is 12.3 Å². The average molecular weight is 372 g/mol. The lowest BCUT2D eigenvalue weighted by Gasteiger charge is -2.07. The molecular weight excluding hydrogens is 352 g/mol. The molecule has 28 heavy (non-hydrogen) atoms. The van der Waals surface area contributed by atoms with Gasteiger partial charge in [-0.05, 0) is 54.7 Å². The van der Waals surface area contributed by atoms with Crippen LogP contribution in [-0.2, 0) is 27.2 Å². The zero-order valence-electron chi connectivity index (χ0n) is 15.4. The Bertz CT molecular complexity index is 1070. The van der Waals surface area contributed by atoms with Crippen molar-refractivity contribution in [2.24, 2.45) is 0 Å². The van der Waals surface area contributed by atoms with Gasteiger partial charge in [0.1, 0.15) is 0 Å². The molecular formula is C23H20N2O3. The molecule has 0 fully saturated rings. The zero-order chi connectivity index (χ0) is 19.3. The van der Waals surface area contributed by atoms with Crippen LogP contribution in [0.3, 0.4) is 0 Å². The molecule has 1 amide bonds. The number of benzene rings is 2. The summed E-state index contributed by atoms with van der Waals surface area (Å²) in [5.74, 6) is -0.927. The molecule has 0 radical (unpaired) electrons. The van der Waals surface area contributed by atoms with E-state index < -0.39 is 5.97 Å². The second kappa shape index (κ2) is 8.05. The quantitative estimate of drug-likeness (QED) is 0.544. The first kappa shape index (κ1) is 17.9. The van der Waals surface area contributed by atoms with E-state index in [0.29, 0.717) is 0 Å². The molecule has 1 aromatic heterocycles. The number of anilines is 1. The van der Waals surface area contributed by atoms with Crippen LogP contribution >= 0.6 is 0 Å². The summed E-state index contributed by atoms with van der Waals surface area (Å²) in [7, 11) is 0. The summed E-state index contributed by atoms with van der Waals surface area (Å²) in [5, 5.41) is 3.77. The highest BCUT2D eigenvalue weighted by Crippen LogP contribution is 2.24. The first-order valence-corrected chi connectivity index (χ1v) is 9.29. The van der Waals surface area contributed by atoms with Gasteiger partial charge in [-0.3, -0.25) is 9.78 Å². The summed E-state index contributed by atoms with van der Waals surface area (Å²) < 4.78 is 5.04. The Morgan fingerprint density at radius 3 is 2.86 bits per heavy atom. The molecule has 1 N–H and O–H groups in total. The second-order valence-corrected chi connectivity index (χ2v) is 6.75. The van der Waals surface area contributed by atoms with E-state index in [1.807, 2.05) is 48.5 Å². The SMILES string of the molecule is O=C(COC(=O)/C=C/c1cccc2cccnc12)Nc1ccc2c(c1)CCC2. The molecule has 1 aliphatic carbocycles. The summed E-state index contributed by atoms with van der Waals surface area (Å²) in [5.41, 5.74) is 4.99. The van der Waals surface area contributed by atoms with E-state index in [4.69, 9.17) is 4.74 Å². The number of hydrogen-bond donors (Lipinski definition) is 1. The van der Waals surface area contributed by atoms with Crippen molar-refractivity contribution in [1.29, 1.82) is 0 Å². The van der Waals surface area contributed by atoms with Gasteiger partial charge in [0.15, 0.2) is 6.61 Å². The Labute approximate surface area is 163 Å². The Hall–Kier alpha value is -3.47. The predicted octanol–water partition coefficient (Wildman–Crippen LogP) is 3.92. The van der Waals surface area contributed by atoms with Gasteiger partial charge in [-0.2, -0.15) is 0 Å². The molecule has 0 saturated heterocycles. The number of fused-ring (bicyclic) bond motifs is 2. The van der Waals surface area contributed by atoms with Crippen LogP contribution in [0.4, 0.5) is 5.69 Å². The highest BCUT2D eigenvalue weighted by atomic mass is 16.5. The monoisotopic (exact) mass is 372 g/mol. The number of esters is 1. The minimum Gasteiger partial charge on any atom is -0.452 e. The smallest absolute Gasteiger partial charge is 0.331 e. The third-order valence-electron chi connectivity index (χ3n) is 4.79. The van der Waals surface area contributed by atoms with E-state index in [-0.39, 0.29) is 12.5 Å². The van der Waals surface area contributed by atoms with Crippen LogP contribution in [0.2, 0.25) is 0 Å². The Morgan fingerprint density at radius 1 is 1.07 bits per heavy atom. The van der Waals surface area contributed by atoms with Crippen molar-refractivity contribution < 1.29 is 14.3 Å². The number of carbonyl (C=O) groups is 2. The van der Waals surface area contributed by atoms with Crippen molar-refractivity contribution in [1.82, 2.24) is 4.98 Å². The van der Waals surface area contributed by atoms with E-state index >= 15 is 0 Å². The summed E-state index contributed by atoms with van der Waals surface area (Å²) in [6.45, 7) is -0.325. The molecule has 0 aliphatic heterocycles. The Morgan fingerprint density at radius 2 is 1.93 bits per heavy atom. The number of rotatable bonds is 5. The number of amides is 1. The molecule has 0 saturated carbocycles. The van der Waals surface area contributed by atoms with Crippen LogP contribution in [0.15, 0.2) is 60.8 Å². The average Bonchev–Trinajstić information content (AvgIpc) is 3.18. The molecule has 1 heterocycles. The van der Waals surface area contributed by atoms with E-state index in [0.717, 1.165) is 41.4 Å². The van der Waals surface area contributed by atoms with Crippen molar-refractivity contribution in [2.45, 2.75) is 19.3 Å². The normalized spacial score (nSPS) is 12.9. The molecule has 140 valence electrons. The van der Waals surface area contributed by atoms with Gasteiger partial charge in [0.2, 0.25) is 0 Å². The number of carbonyl (C=O) groups excluding carboxylic acids is 2. The lowest BCUT2D eigenvalue weighted by atomic mass is 10.1. The topological polar surface area (TPSA) is 68.3 Å². The number of ether oxygens (including phenoxy) is 1. The fourth-order valence-electron chi connectivity index (χ4n) is 3.45. The van der Waals surface area contributed by atoms with Crippen LogP contribution in [0, 0.1) is 0 Å². The van der Waals surface area contributed by atoms with Gasteiger partial charge in [-0.15, -0.1) is 0 Å². The number of hydrogen-bond acceptors (Lipinski definition) is 4. The molecule has 5 nitrogen and oxygen atoms in total. The van der Waals surface area contributed by atoms with Gasteiger partial charge >= 0.3 is 5.97 Å². The molecule has 0 unspecified atom stereocenters. The van der Waals surface area contributed by atoms with Gasteiger partial charge in [-0.25, -0.2) is 4.79 Å². The lowest BCUT2D eigenvalue weighted by Crippen LogP contribution is -2.20. The third-order valence-corrected chi connectivity index (χ3v) is 4.79. The molecule has 2 aromatic carbocycles. The fourth-order valence-corrected chi connectivity index (χ4v) is 3.45. The summed E-state index contributed by atoms with van der Waals surface area (Å²) in [6, 6.07) is 15.5. The summed E-state index contributed by atoms with van der Waals surface area (Å²) in [6.07, 6.45) is 7.97. The van der Waals surface area contributed by atoms with Gasteiger partial charge in [0, 0.05) is 28.9 Å². The van der Waals surface area contributed by atoms with E-state index in [1.165, 1.54) is 17.2 Å². The van der Waals surface area contributed by atoms with Crippen LogP contribution < -0.4 is 5.32 Å². The highest BCUT2D eigenvalue weighted by molar-refractivity contribution is 5.96. The van der Waals surface area contributed by atoms with Crippen molar-refractivity contribution in [2.75, 3.05) is 11.9 Å². The molecule has 5 heteroatoms. The number of nitrogens with one attached hydrogen (secondary N) is 1. The highest BCUT2D eigenvalue weighted by Gasteiger charge is 2.12. The van der Waals surface area contributed by atoms with Gasteiger partial charge in [0.25, 0.3) is 5.91 Å². The van der Waals surface area contributed by atoms with Gasteiger partial charge in [-0.1, -0.05) is 30.3 Å². The van der Waals surface area contributed by atoms with Crippen LogP contribution in [0.1, 0.15) is 23.1 Å². The van der Waals surface area contributed by atoms with Crippen molar-refractivity contribution >= 4 is 34.5 Å². The number of pyridine rings is 1. The first-order chi connectivity index (χ1) is 13.7. The molecule has 0 atom stereocenters. The predicted molar refractivity (Wildman–Crippen MR) is 109 cm³/mol. The maximum atomic E-state index is 12.0. The summed E-state index contributed by atoms with van der Waals surface area (Å²) in [4.78, 5) is 28.3. The second-order valence-electron chi connectivity index (χ2n) is 6.75. The van der Waals surface area contributed by atoms with Crippen LogP contribution in [-0.4, -0.2) is 23.5 Å². The third kappa shape index (κ3) is 4.09. The first-order valence-electron chi connectivity index (χ1n) is 9.29. The number of aromatic nitrogens is 1. The Kier molecular flexibility index (Phi) is 5.15. The van der Waals surface area contributed by atoms with Crippen LogP contribution in [0.25, 0.3) is 17.0 Å². The molecule has 0 bridgehead atoms. The lowest BCUT2D eigenvalue weighted by molar-refractivity contribution is -0.142. The van der Waals surface area contributed by atoms with E-state index in [9.17, 15) is 9.59 Å². The zero-order valence-corrected chi connectivity index (χ0v) is 15.4. The van der Waals surface area contributed by atoms with E-state index in [2.05, 4.69) is 10.3 Å². The number of nitrogens with zero attached hydrogens (tertiary/aromatic N) is 1. The maximum Gasteiger partial charge on any atom is 0.331 e. The van der Waals surface area contributed by atoms with Crippen molar-refractivity contribution in [3.63, 3.8) is 0 Å². The van der Waals surface area contributed by atoms with Crippen LogP contribution in [0.5, 0.6) is 0 Å². The largest absolute Gasteiger partial charge is 0.452 e. The fraction of sp³-hybridized carbons (Fsp3) is 0.174.